The van der Waals surface area contributed by atoms with Crippen LogP contribution in [0.15, 0.2) is 0 Å². The first kappa shape index (κ1) is 28.8. The average Bonchev–Trinajstić information content (AvgIpc) is 2.51. The highest BCUT2D eigenvalue weighted by atomic mass is 16.6. The van der Waals surface area contributed by atoms with Gasteiger partial charge in [-0.3, -0.25) is 0 Å². The lowest BCUT2D eigenvalue weighted by molar-refractivity contribution is -0.00233. The van der Waals surface area contributed by atoms with Crippen LogP contribution in [0.5, 0.6) is 0 Å². The molecule has 3 amide bonds. The van der Waals surface area contributed by atoms with E-state index in [2.05, 4.69) is 0 Å². The van der Waals surface area contributed by atoms with Crippen molar-refractivity contribution in [2.75, 3.05) is 26.2 Å². The third-order valence-electron chi connectivity index (χ3n) is 4.54. The predicted molar refractivity (Wildman–Crippen MR) is 119 cm³/mol. The molecule has 0 atom stereocenters. The van der Waals surface area contributed by atoms with Crippen molar-refractivity contribution in [1.29, 1.82) is 0 Å². The molecule has 31 heavy (non-hydrogen) atoms. The van der Waals surface area contributed by atoms with Crippen molar-refractivity contribution in [3.8, 4) is 0 Å². The SMILES string of the molecule is CC(C)(C)OC(=O)N(CCCN)C(CN(C(=O)O)C(C)(C)C)CN(C(=O)O)C(C)(C)C. The van der Waals surface area contributed by atoms with Gasteiger partial charge in [0.2, 0.25) is 0 Å². The molecule has 0 saturated heterocycles. The van der Waals surface area contributed by atoms with Gasteiger partial charge in [0.15, 0.2) is 0 Å². The van der Waals surface area contributed by atoms with Gasteiger partial charge in [0, 0.05) is 30.7 Å². The van der Waals surface area contributed by atoms with Gasteiger partial charge in [0.05, 0.1) is 6.04 Å². The monoisotopic (exact) mass is 446 g/mol. The minimum atomic E-state index is -1.15. The fourth-order valence-electron chi connectivity index (χ4n) is 2.96. The molecular weight excluding hydrogens is 404 g/mol. The van der Waals surface area contributed by atoms with Crippen LogP contribution in [-0.4, -0.2) is 92.1 Å². The number of hydrogen-bond donors (Lipinski definition) is 3. The molecule has 0 bridgehead atoms. The molecule has 4 N–H and O–H groups in total. The number of hydrogen-bond acceptors (Lipinski definition) is 5. The van der Waals surface area contributed by atoms with Crippen molar-refractivity contribution in [2.45, 2.75) is 91.5 Å². The number of nitrogens with zero attached hydrogens (tertiary/aromatic N) is 3. The molecule has 0 radical (unpaired) electrons. The smallest absolute Gasteiger partial charge is 0.410 e. The van der Waals surface area contributed by atoms with Gasteiger partial charge in [-0.05, 0) is 75.3 Å². The highest BCUT2D eigenvalue weighted by Crippen LogP contribution is 2.22. The summed E-state index contributed by atoms with van der Waals surface area (Å²) in [5.41, 5.74) is 3.37. The standard InChI is InChI=1S/C21H42N4O6/c1-19(2,3)24(16(26)27)13-15(14-25(17(28)29)20(4,5)6)23(12-10-11-22)18(30)31-21(7,8)9/h15H,10-14,22H2,1-9H3,(H,26,27)(H,28,29). The van der Waals surface area contributed by atoms with Crippen LogP contribution < -0.4 is 5.73 Å². The minimum Gasteiger partial charge on any atom is -0.465 e. The van der Waals surface area contributed by atoms with Gasteiger partial charge >= 0.3 is 18.3 Å². The van der Waals surface area contributed by atoms with E-state index in [0.717, 1.165) is 0 Å². The molecule has 0 fully saturated rings. The Hall–Kier alpha value is -2.23. The highest BCUT2D eigenvalue weighted by Gasteiger charge is 2.38. The Morgan fingerprint density at radius 1 is 0.839 bits per heavy atom. The molecule has 0 saturated carbocycles. The Morgan fingerprint density at radius 2 is 1.23 bits per heavy atom. The van der Waals surface area contributed by atoms with E-state index in [0.29, 0.717) is 13.0 Å². The van der Waals surface area contributed by atoms with Crippen LogP contribution in [0, 0.1) is 0 Å². The van der Waals surface area contributed by atoms with E-state index in [9.17, 15) is 24.6 Å². The Balaban J connectivity index is 6.31. The van der Waals surface area contributed by atoms with Crippen LogP contribution in [0.1, 0.15) is 68.7 Å². The third kappa shape index (κ3) is 10.1. The molecule has 0 aliphatic carbocycles. The largest absolute Gasteiger partial charge is 0.465 e. The molecule has 0 aliphatic heterocycles. The number of ether oxygens (including phenoxy) is 1. The zero-order valence-electron chi connectivity index (χ0n) is 20.6. The molecule has 0 spiro atoms. The molecule has 0 aliphatic rings. The zero-order chi connectivity index (χ0) is 24.8. The van der Waals surface area contributed by atoms with Crippen LogP contribution in [0.25, 0.3) is 0 Å². The van der Waals surface area contributed by atoms with Crippen molar-refractivity contribution in [3.63, 3.8) is 0 Å². The van der Waals surface area contributed by atoms with Crippen molar-refractivity contribution < 1.29 is 29.3 Å². The van der Waals surface area contributed by atoms with Crippen molar-refractivity contribution >= 4 is 18.3 Å². The van der Waals surface area contributed by atoms with E-state index in [4.69, 9.17) is 10.5 Å². The number of rotatable bonds is 8. The number of carbonyl (C=O) groups is 3. The van der Waals surface area contributed by atoms with Gasteiger partial charge in [0.25, 0.3) is 0 Å². The lowest BCUT2D eigenvalue weighted by atomic mass is 10.0. The van der Waals surface area contributed by atoms with E-state index in [1.54, 1.807) is 62.3 Å². The summed E-state index contributed by atoms with van der Waals surface area (Å²) in [6.45, 7) is 16.0. The summed E-state index contributed by atoms with van der Waals surface area (Å²) in [7, 11) is 0. The van der Waals surface area contributed by atoms with Gasteiger partial charge in [0.1, 0.15) is 5.60 Å². The van der Waals surface area contributed by atoms with E-state index < -0.39 is 41.0 Å². The molecule has 0 heterocycles. The van der Waals surface area contributed by atoms with Crippen LogP contribution in [0.2, 0.25) is 0 Å². The minimum absolute atomic E-state index is 0.0808. The summed E-state index contributed by atoms with van der Waals surface area (Å²) in [5, 5.41) is 19.6. The molecule has 0 aromatic carbocycles. The quantitative estimate of drug-likeness (QED) is 0.519. The lowest BCUT2D eigenvalue weighted by Crippen LogP contribution is -2.60. The number of amides is 3. The maximum absolute atomic E-state index is 13.0. The Kier molecular flexibility index (Phi) is 10.1. The second-order valence-electron chi connectivity index (χ2n) is 10.6. The number of carboxylic acid groups (broad SMARTS) is 2. The normalized spacial score (nSPS) is 12.5. The molecule has 0 aromatic heterocycles. The van der Waals surface area contributed by atoms with Gasteiger partial charge in [-0.25, -0.2) is 14.4 Å². The van der Waals surface area contributed by atoms with Crippen LogP contribution in [-0.2, 0) is 4.74 Å². The summed E-state index contributed by atoms with van der Waals surface area (Å²) < 4.78 is 5.55. The van der Waals surface area contributed by atoms with E-state index >= 15 is 0 Å². The van der Waals surface area contributed by atoms with Gasteiger partial charge in [-0.1, -0.05) is 0 Å². The van der Waals surface area contributed by atoms with Crippen molar-refractivity contribution in [2.24, 2.45) is 5.73 Å². The second kappa shape index (κ2) is 10.9. The van der Waals surface area contributed by atoms with Crippen LogP contribution >= 0.6 is 0 Å². The first-order valence-electron chi connectivity index (χ1n) is 10.5. The van der Waals surface area contributed by atoms with E-state index in [1.807, 2.05) is 0 Å². The molecular formula is C21H42N4O6. The van der Waals surface area contributed by atoms with Gasteiger partial charge < -0.3 is 35.4 Å². The molecule has 0 rings (SSSR count). The average molecular weight is 447 g/mol. The maximum Gasteiger partial charge on any atom is 0.410 e. The molecule has 10 heteroatoms. The van der Waals surface area contributed by atoms with Gasteiger partial charge in [-0.2, -0.15) is 0 Å². The van der Waals surface area contributed by atoms with E-state index in [-0.39, 0.29) is 19.6 Å². The molecule has 0 unspecified atom stereocenters. The second-order valence-corrected chi connectivity index (χ2v) is 10.6. The third-order valence-corrected chi connectivity index (χ3v) is 4.54. The predicted octanol–water partition coefficient (Wildman–Crippen LogP) is 3.50. The first-order valence-corrected chi connectivity index (χ1v) is 10.5. The number of nitrogens with two attached hydrogens (primary N) is 1. The Labute approximate surface area is 186 Å². The summed E-state index contributed by atoms with van der Waals surface area (Å²) in [5.74, 6) is 0. The molecule has 0 aromatic rings. The highest BCUT2D eigenvalue weighted by molar-refractivity contribution is 5.70. The topological polar surface area (TPSA) is 137 Å². The maximum atomic E-state index is 13.0. The first-order chi connectivity index (χ1) is 13.8. The zero-order valence-corrected chi connectivity index (χ0v) is 20.6. The van der Waals surface area contributed by atoms with Gasteiger partial charge in [-0.15, -0.1) is 0 Å². The summed E-state index contributed by atoms with van der Waals surface area (Å²) in [6.07, 6.45) is -2.48. The Morgan fingerprint density at radius 3 is 1.48 bits per heavy atom. The summed E-state index contributed by atoms with van der Waals surface area (Å²) in [4.78, 5) is 40.8. The fourth-order valence-corrected chi connectivity index (χ4v) is 2.96. The molecule has 10 nitrogen and oxygen atoms in total. The summed E-state index contributed by atoms with van der Waals surface area (Å²) in [6, 6.07) is -0.771. The molecule has 182 valence electrons. The van der Waals surface area contributed by atoms with E-state index in [1.165, 1.54) is 14.7 Å². The fraction of sp³-hybridized carbons (Fsp3) is 0.857. The van der Waals surface area contributed by atoms with Crippen LogP contribution in [0.3, 0.4) is 0 Å². The number of carbonyl (C=O) groups excluding carboxylic acids is 1. The van der Waals surface area contributed by atoms with Crippen molar-refractivity contribution in [1.82, 2.24) is 14.7 Å². The van der Waals surface area contributed by atoms with Crippen LogP contribution in [0.4, 0.5) is 14.4 Å². The lowest BCUT2D eigenvalue weighted by Gasteiger charge is -2.43. The van der Waals surface area contributed by atoms with Crippen molar-refractivity contribution in [3.05, 3.63) is 0 Å². The Bertz CT molecular complexity index is 585. The summed E-state index contributed by atoms with van der Waals surface area (Å²) >= 11 is 0.